The fourth-order valence-corrected chi connectivity index (χ4v) is 3.47. The standard InChI is InChI=1S/C17H24N2O/c1-12-4-2-5-15(12)11-19-17(20)14-7-8-16-13(10-14)6-3-9-18-16/h7-8,10,12,15,18H,2-6,9,11H2,1H3,(H,19,20). The molecule has 1 aromatic rings. The number of carbonyl (C=O) groups is 1. The topological polar surface area (TPSA) is 41.1 Å². The molecule has 1 saturated carbocycles. The highest BCUT2D eigenvalue weighted by Crippen LogP contribution is 2.30. The van der Waals surface area contributed by atoms with Crippen molar-refractivity contribution in [2.75, 3.05) is 18.4 Å². The minimum absolute atomic E-state index is 0.0810. The summed E-state index contributed by atoms with van der Waals surface area (Å²) in [7, 11) is 0. The highest BCUT2D eigenvalue weighted by Gasteiger charge is 2.23. The molecule has 20 heavy (non-hydrogen) atoms. The summed E-state index contributed by atoms with van der Waals surface area (Å²) in [5, 5.41) is 6.50. The Morgan fingerprint density at radius 2 is 2.25 bits per heavy atom. The molecule has 1 aliphatic heterocycles. The number of amides is 1. The molecule has 1 aliphatic carbocycles. The van der Waals surface area contributed by atoms with E-state index in [9.17, 15) is 4.79 Å². The summed E-state index contributed by atoms with van der Waals surface area (Å²) < 4.78 is 0. The zero-order valence-electron chi connectivity index (χ0n) is 12.2. The van der Waals surface area contributed by atoms with E-state index in [0.29, 0.717) is 5.92 Å². The summed E-state index contributed by atoms with van der Waals surface area (Å²) in [6.45, 7) is 4.17. The molecule has 2 aliphatic rings. The molecule has 3 heteroatoms. The molecule has 1 fully saturated rings. The molecule has 2 unspecified atom stereocenters. The van der Waals surface area contributed by atoms with Crippen LogP contribution < -0.4 is 10.6 Å². The SMILES string of the molecule is CC1CCCC1CNC(=O)c1ccc2c(c1)CCCN2. The second kappa shape index (κ2) is 5.86. The van der Waals surface area contributed by atoms with Crippen LogP contribution >= 0.6 is 0 Å². The second-order valence-corrected chi connectivity index (χ2v) is 6.28. The summed E-state index contributed by atoms with van der Waals surface area (Å²) >= 11 is 0. The third-order valence-corrected chi connectivity index (χ3v) is 4.87. The van der Waals surface area contributed by atoms with Crippen LogP contribution in [-0.2, 0) is 6.42 Å². The number of aryl methyl sites for hydroxylation is 1. The second-order valence-electron chi connectivity index (χ2n) is 6.28. The average Bonchev–Trinajstić information content (AvgIpc) is 2.89. The molecular formula is C17H24N2O. The van der Waals surface area contributed by atoms with Crippen molar-refractivity contribution < 1.29 is 4.79 Å². The van der Waals surface area contributed by atoms with Crippen LogP contribution in [0.2, 0.25) is 0 Å². The van der Waals surface area contributed by atoms with Crippen LogP contribution in [0.15, 0.2) is 18.2 Å². The number of nitrogens with one attached hydrogen (secondary N) is 2. The fourth-order valence-electron chi connectivity index (χ4n) is 3.47. The molecule has 108 valence electrons. The van der Waals surface area contributed by atoms with Crippen molar-refractivity contribution in [1.29, 1.82) is 0 Å². The van der Waals surface area contributed by atoms with Gasteiger partial charge in [-0.2, -0.15) is 0 Å². The molecule has 2 N–H and O–H groups in total. The van der Waals surface area contributed by atoms with Crippen molar-refractivity contribution in [1.82, 2.24) is 5.32 Å². The molecule has 1 amide bonds. The molecule has 0 saturated heterocycles. The van der Waals surface area contributed by atoms with Crippen LogP contribution in [-0.4, -0.2) is 19.0 Å². The quantitative estimate of drug-likeness (QED) is 0.887. The highest BCUT2D eigenvalue weighted by molar-refractivity contribution is 5.95. The number of hydrogen-bond acceptors (Lipinski definition) is 2. The molecular weight excluding hydrogens is 248 g/mol. The van der Waals surface area contributed by atoms with E-state index in [1.807, 2.05) is 12.1 Å². The summed E-state index contributed by atoms with van der Waals surface area (Å²) in [6, 6.07) is 6.03. The molecule has 1 aromatic carbocycles. The lowest BCUT2D eigenvalue weighted by Crippen LogP contribution is -2.30. The van der Waals surface area contributed by atoms with Gasteiger partial charge in [0.05, 0.1) is 0 Å². The predicted octanol–water partition coefficient (Wildman–Crippen LogP) is 3.21. The Morgan fingerprint density at radius 1 is 1.35 bits per heavy atom. The van der Waals surface area contributed by atoms with Crippen LogP contribution in [0.25, 0.3) is 0 Å². The van der Waals surface area contributed by atoms with Gasteiger partial charge in [-0.1, -0.05) is 19.8 Å². The normalized spacial score (nSPS) is 24.9. The lowest BCUT2D eigenvalue weighted by molar-refractivity contribution is 0.0944. The maximum atomic E-state index is 12.3. The van der Waals surface area contributed by atoms with E-state index in [0.717, 1.165) is 37.4 Å². The van der Waals surface area contributed by atoms with Crippen LogP contribution in [0.4, 0.5) is 5.69 Å². The van der Waals surface area contributed by atoms with Gasteiger partial charge >= 0.3 is 0 Å². The Morgan fingerprint density at radius 3 is 3.05 bits per heavy atom. The van der Waals surface area contributed by atoms with Crippen molar-refractivity contribution in [2.45, 2.75) is 39.0 Å². The van der Waals surface area contributed by atoms with Crippen molar-refractivity contribution >= 4 is 11.6 Å². The number of carbonyl (C=O) groups excluding carboxylic acids is 1. The van der Waals surface area contributed by atoms with E-state index in [2.05, 4.69) is 23.6 Å². The maximum Gasteiger partial charge on any atom is 0.251 e. The third-order valence-electron chi connectivity index (χ3n) is 4.87. The van der Waals surface area contributed by atoms with Gasteiger partial charge in [0.2, 0.25) is 0 Å². The van der Waals surface area contributed by atoms with Crippen molar-refractivity contribution in [2.24, 2.45) is 11.8 Å². The molecule has 2 atom stereocenters. The minimum atomic E-state index is 0.0810. The van der Waals surface area contributed by atoms with Gasteiger partial charge in [0, 0.05) is 24.3 Å². The molecule has 3 rings (SSSR count). The van der Waals surface area contributed by atoms with E-state index < -0.39 is 0 Å². The Labute approximate surface area is 121 Å². The van der Waals surface area contributed by atoms with E-state index in [4.69, 9.17) is 0 Å². The first-order valence-corrected chi connectivity index (χ1v) is 7.89. The van der Waals surface area contributed by atoms with Gasteiger partial charge in [0.15, 0.2) is 0 Å². The smallest absolute Gasteiger partial charge is 0.251 e. The lowest BCUT2D eigenvalue weighted by Gasteiger charge is -2.19. The van der Waals surface area contributed by atoms with Crippen molar-refractivity contribution in [3.63, 3.8) is 0 Å². The minimum Gasteiger partial charge on any atom is -0.385 e. The number of rotatable bonds is 3. The molecule has 0 bridgehead atoms. The van der Waals surface area contributed by atoms with Crippen LogP contribution in [0.3, 0.4) is 0 Å². The van der Waals surface area contributed by atoms with E-state index in [1.165, 1.54) is 30.5 Å². The van der Waals surface area contributed by atoms with Gasteiger partial charge in [0.1, 0.15) is 0 Å². The molecule has 0 aromatic heterocycles. The van der Waals surface area contributed by atoms with Gasteiger partial charge in [-0.15, -0.1) is 0 Å². The van der Waals surface area contributed by atoms with Crippen molar-refractivity contribution in [3.8, 4) is 0 Å². The largest absolute Gasteiger partial charge is 0.385 e. The first-order chi connectivity index (χ1) is 9.74. The summed E-state index contributed by atoms with van der Waals surface area (Å²) in [4.78, 5) is 12.3. The number of fused-ring (bicyclic) bond motifs is 1. The van der Waals surface area contributed by atoms with E-state index in [1.54, 1.807) is 0 Å². The van der Waals surface area contributed by atoms with E-state index >= 15 is 0 Å². The molecule has 0 spiro atoms. The van der Waals surface area contributed by atoms with Crippen LogP contribution in [0.5, 0.6) is 0 Å². The lowest BCUT2D eigenvalue weighted by atomic mass is 9.97. The van der Waals surface area contributed by atoms with Gasteiger partial charge in [-0.05, 0) is 54.9 Å². The van der Waals surface area contributed by atoms with Gasteiger partial charge < -0.3 is 10.6 Å². The fraction of sp³-hybridized carbons (Fsp3) is 0.588. The molecule has 0 radical (unpaired) electrons. The first-order valence-electron chi connectivity index (χ1n) is 7.89. The van der Waals surface area contributed by atoms with Crippen LogP contribution in [0.1, 0.15) is 48.5 Å². The zero-order chi connectivity index (χ0) is 13.9. The molecule has 1 heterocycles. The maximum absolute atomic E-state index is 12.3. The zero-order valence-corrected chi connectivity index (χ0v) is 12.2. The monoisotopic (exact) mass is 272 g/mol. The van der Waals surface area contributed by atoms with Gasteiger partial charge in [-0.25, -0.2) is 0 Å². The predicted molar refractivity (Wildman–Crippen MR) is 82.1 cm³/mol. The van der Waals surface area contributed by atoms with Crippen molar-refractivity contribution in [3.05, 3.63) is 29.3 Å². The first kappa shape index (κ1) is 13.5. The summed E-state index contributed by atoms with van der Waals surface area (Å²) in [5.41, 5.74) is 3.27. The Kier molecular flexibility index (Phi) is 3.95. The average molecular weight is 272 g/mol. The number of hydrogen-bond donors (Lipinski definition) is 2. The Hall–Kier alpha value is -1.51. The summed E-state index contributed by atoms with van der Waals surface area (Å²) in [6.07, 6.45) is 6.10. The number of benzene rings is 1. The Bertz CT molecular complexity index is 498. The molecule has 3 nitrogen and oxygen atoms in total. The van der Waals surface area contributed by atoms with Gasteiger partial charge in [0.25, 0.3) is 5.91 Å². The Balaban J connectivity index is 1.62. The van der Waals surface area contributed by atoms with E-state index in [-0.39, 0.29) is 5.91 Å². The van der Waals surface area contributed by atoms with Crippen LogP contribution in [0, 0.1) is 11.8 Å². The third kappa shape index (κ3) is 2.82. The summed E-state index contributed by atoms with van der Waals surface area (Å²) in [5.74, 6) is 1.50. The highest BCUT2D eigenvalue weighted by atomic mass is 16.1. The van der Waals surface area contributed by atoms with Gasteiger partial charge in [-0.3, -0.25) is 4.79 Å². The number of anilines is 1.